The molecule has 112 valence electrons. The number of nitrogens with zero attached hydrogens (tertiary/aromatic N) is 1. The number of hydrogen-bond acceptors (Lipinski definition) is 4. The van der Waals surface area contributed by atoms with E-state index in [0.717, 1.165) is 18.2 Å². The third-order valence-electron chi connectivity index (χ3n) is 2.62. The van der Waals surface area contributed by atoms with Crippen LogP contribution in [0, 0.1) is 5.82 Å². The molecule has 0 radical (unpaired) electrons. The van der Waals surface area contributed by atoms with Crippen molar-refractivity contribution in [2.24, 2.45) is 5.14 Å². The van der Waals surface area contributed by atoms with E-state index in [1.165, 1.54) is 11.9 Å². The lowest BCUT2D eigenvalue weighted by Gasteiger charge is -2.17. The molecule has 2 N–H and O–H groups in total. The van der Waals surface area contributed by atoms with Crippen LogP contribution in [0.5, 0.6) is 0 Å². The first-order valence-corrected chi connectivity index (χ1v) is 7.47. The quantitative estimate of drug-likeness (QED) is 0.779. The first kappa shape index (κ1) is 16.5. The maximum Gasteiger partial charge on any atom is 0.256 e. The van der Waals surface area contributed by atoms with Crippen molar-refractivity contribution in [3.8, 4) is 0 Å². The fraction of sp³-hybridized carbons (Fsp3) is 0.417. The number of nitrogens with two attached hydrogens (primary N) is 1. The predicted molar refractivity (Wildman–Crippen MR) is 71.2 cm³/mol. The number of sulfonamides is 1. The minimum absolute atomic E-state index is 0.212. The molecule has 1 aromatic rings. The zero-order chi connectivity index (χ0) is 15.3. The Labute approximate surface area is 117 Å². The van der Waals surface area contributed by atoms with Crippen LogP contribution < -0.4 is 5.14 Å². The van der Waals surface area contributed by atoms with Crippen LogP contribution >= 0.6 is 0 Å². The lowest BCUT2D eigenvalue weighted by molar-refractivity contribution is 0.0705. The first-order chi connectivity index (χ1) is 9.27. The third kappa shape index (κ3) is 4.26. The van der Waals surface area contributed by atoms with Gasteiger partial charge in [0.2, 0.25) is 10.0 Å². The van der Waals surface area contributed by atoms with Crippen molar-refractivity contribution in [3.63, 3.8) is 0 Å². The molecule has 0 aromatic heterocycles. The van der Waals surface area contributed by atoms with Gasteiger partial charge in [0.25, 0.3) is 5.91 Å². The summed E-state index contributed by atoms with van der Waals surface area (Å²) in [5.41, 5.74) is -0.212. The molecule has 0 aliphatic rings. The molecule has 0 saturated carbocycles. The monoisotopic (exact) mass is 304 g/mol. The highest BCUT2D eigenvalue weighted by molar-refractivity contribution is 7.89. The summed E-state index contributed by atoms with van der Waals surface area (Å²) in [4.78, 5) is 12.9. The number of amides is 1. The molecule has 0 heterocycles. The summed E-state index contributed by atoms with van der Waals surface area (Å²) < 4.78 is 41.0. The minimum Gasteiger partial charge on any atom is -0.380 e. The van der Waals surface area contributed by atoms with Crippen molar-refractivity contribution >= 4 is 15.9 Å². The van der Waals surface area contributed by atoms with Crippen LogP contribution in [-0.4, -0.2) is 46.0 Å². The number of benzene rings is 1. The topological polar surface area (TPSA) is 89.7 Å². The van der Waals surface area contributed by atoms with Crippen molar-refractivity contribution in [1.82, 2.24) is 4.90 Å². The number of hydrogen-bond donors (Lipinski definition) is 1. The molecule has 0 atom stereocenters. The van der Waals surface area contributed by atoms with Gasteiger partial charge in [0, 0.05) is 20.2 Å². The summed E-state index contributed by atoms with van der Waals surface area (Å²) in [7, 11) is -2.48. The minimum atomic E-state index is -3.99. The standard InChI is InChI=1S/C12H17FN2O4S/c1-3-19-7-6-15(2)12(16)10-5-4-9(8-11(10)13)20(14,17)18/h4-5,8H,3,6-7H2,1-2H3,(H2,14,17,18). The zero-order valence-corrected chi connectivity index (χ0v) is 12.1. The summed E-state index contributed by atoms with van der Waals surface area (Å²) >= 11 is 0. The van der Waals surface area contributed by atoms with Crippen molar-refractivity contribution < 1.29 is 22.3 Å². The molecule has 8 heteroatoms. The van der Waals surface area contributed by atoms with Gasteiger partial charge in [-0.25, -0.2) is 17.9 Å². The Morgan fingerprint density at radius 2 is 2.10 bits per heavy atom. The number of carbonyl (C=O) groups is 1. The maximum atomic E-state index is 13.8. The van der Waals surface area contributed by atoms with Crippen molar-refractivity contribution in [2.45, 2.75) is 11.8 Å². The van der Waals surface area contributed by atoms with Crippen LogP contribution in [0.4, 0.5) is 4.39 Å². The second kappa shape index (κ2) is 6.78. The highest BCUT2D eigenvalue weighted by atomic mass is 32.2. The Hall–Kier alpha value is -1.51. The van der Waals surface area contributed by atoms with E-state index in [2.05, 4.69) is 0 Å². The molecule has 1 aromatic carbocycles. The number of likely N-dealkylation sites (N-methyl/N-ethyl adjacent to an activating group) is 1. The highest BCUT2D eigenvalue weighted by Crippen LogP contribution is 2.15. The van der Waals surface area contributed by atoms with E-state index in [9.17, 15) is 17.6 Å². The fourth-order valence-electron chi connectivity index (χ4n) is 1.50. The van der Waals surface area contributed by atoms with E-state index in [-0.39, 0.29) is 10.5 Å². The Bertz CT molecular complexity index is 589. The van der Waals surface area contributed by atoms with Crippen molar-refractivity contribution in [1.29, 1.82) is 0 Å². The molecule has 0 aliphatic heterocycles. The Kier molecular flexibility index (Phi) is 5.61. The number of primary sulfonamides is 1. The van der Waals surface area contributed by atoms with Crippen LogP contribution in [0.3, 0.4) is 0 Å². The molecule has 0 saturated heterocycles. The molecular weight excluding hydrogens is 287 g/mol. The molecule has 6 nitrogen and oxygen atoms in total. The number of carbonyl (C=O) groups excluding carboxylic acids is 1. The summed E-state index contributed by atoms with van der Waals surface area (Å²) in [6.07, 6.45) is 0. The van der Waals surface area contributed by atoms with E-state index >= 15 is 0 Å². The second-order valence-corrected chi connectivity index (χ2v) is 5.67. The zero-order valence-electron chi connectivity index (χ0n) is 11.3. The summed E-state index contributed by atoms with van der Waals surface area (Å²) in [6.45, 7) is 3.01. The Morgan fingerprint density at radius 1 is 1.45 bits per heavy atom. The molecule has 20 heavy (non-hydrogen) atoms. The van der Waals surface area contributed by atoms with Crippen LogP contribution in [0.25, 0.3) is 0 Å². The van der Waals surface area contributed by atoms with Gasteiger partial charge in [-0.3, -0.25) is 4.79 Å². The average Bonchev–Trinajstić information content (AvgIpc) is 2.37. The third-order valence-corrected chi connectivity index (χ3v) is 3.53. The van der Waals surface area contributed by atoms with Crippen LogP contribution in [0.1, 0.15) is 17.3 Å². The fourth-order valence-corrected chi connectivity index (χ4v) is 2.02. The van der Waals surface area contributed by atoms with Gasteiger partial charge in [-0.1, -0.05) is 0 Å². The van der Waals surface area contributed by atoms with E-state index in [0.29, 0.717) is 19.8 Å². The van der Waals surface area contributed by atoms with Gasteiger partial charge in [0.05, 0.1) is 17.1 Å². The summed E-state index contributed by atoms with van der Waals surface area (Å²) in [5.74, 6) is -1.48. The predicted octanol–water partition coefficient (Wildman–Crippen LogP) is 0.582. The summed E-state index contributed by atoms with van der Waals surface area (Å²) in [5, 5.41) is 4.89. The molecule has 0 bridgehead atoms. The van der Waals surface area contributed by atoms with E-state index in [1.807, 2.05) is 6.92 Å². The number of halogens is 1. The highest BCUT2D eigenvalue weighted by Gasteiger charge is 2.18. The lowest BCUT2D eigenvalue weighted by atomic mass is 10.2. The van der Waals surface area contributed by atoms with Crippen LogP contribution in [0.15, 0.2) is 23.1 Å². The van der Waals surface area contributed by atoms with Gasteiger partial charge < -0.3 is 9.64 Å². The molecule has 0 aliphatic carbocycles. The normalized spacial score (nSPS) is 11.4. The molecule has 1 amide bonds. The van der Waals surface area contributed by atoms with E-state index in [4.69, 9.17) is 9.88 Å². The number of ether oxygens (including phenoxy) is 1. The van der Waals surface area contributed by atoms with Crippen molar-refractivity contribution in [2.75, 3.05) is 26.8 Å². The Balaban J connectivity index is 2.89. The lowest BCUT2D eigenvalue weighted by Crippen LogP contribution is -2.31. The van der Waals surface area contributed by atoms with Crippen LogP contribution in [0.2, 0.25) is 0 Å². The first-order valence-electron chi connectivity index (χ1n) is 5.93. The molecular formula is C12H17FN2O4S. The van der Waals surface area contributed by atoms with Crippen molar-refractivity contribution in [3.05, 3.63) is 29.6 Å². The molecule has 1 rings (SSSR count). The number of rotatable bonds is 6. The van der Waals surface area contributed by atoms with Gasteiger partial charge in [-0.15, -0.1) is 0 Å². The molecule has 0 unspecified atom stereocenters. The average molecular weight is 304 g/mol. The van der Waals surface area contributed by atoms with Gasteiger partial charge in [0.1, 0.15) is 5.82 Å². The van der Waals surface area contributed by atoms with Gasteiger partial charge in [0.15, 0.2) is 0 Å². The SMILES string of the molecule is CCOCCN(C)C(=O)c1ccc(S(N)(=O)=O)cc1F. The summed E-state index contributed by atoms with van der Waals surface area (Å²) in [6, 6.07) is 2.94. The van der Waals surface area contributed by atoms with E-state index < -0.39 is 21.7 Å². The molecule has 0 spiro atoms. The van der Waals surface area contributed by atoms with Gasteiger partial charge in [-0.05, 0) is 25.1 Å². The second-order valence-electron chi connectivity index (χ2n) is 4.11. The van der Waals surface area contributed by atoms with Crippen LogP contribution in [-0.2, 0) is 14.8 Å². The molecule has 0 fully saturated rings. The largest absolute Gasteiger partial charge is 0.380 e. The van der Waals surface area contributed by atoms with Gasteiger partial charge in [-0.2, -0.15) is 0 Å². The van der Waals surface area contributed by atoms with E-state index in [1.54, 1.807) is 0 Å². The van der Waals surface area contributed by atoms with Gasteiger partial charge >= 0.3 is 0 Å². The smallest absolute Gasteiger partial charge is 0.256 e. The maximum absolute atomic E-state index is 13.8. The Morgan fingerprint density at radius 3 is 2.60 bits per heavy atom.